The fourth-order valence-electron chi connectivity index (χ4n) is 3.59. The van der Waals surface area contributed by atoms with Gasteiger partial charge in [-0.15, -0.1) is 0 Å². The van der Waals surface area contributed by atoms with Gasteiger partial charge < -0.3 is 15.7 Å². The zero-order chi connectivity index (χ0) is 19.9. The Hall–Kier alpha value is -2.60. The number of hydrogen-bond acceptors (Lipinski definition) is 3. The van der Waals surface area contributed by atoms with E-state index in [9.17, 15) is 9.59 Å². The SMILES string of the molecule is O=C(O)NC[C@H]1CC[C@H](CNC(=O)c2ccnc(-c3cccc(Cl)c3)c2)CC1. The van der Waals surface area contributed by atoms with Gasteiger partial charge in [0.15, 0.2) is 0 Å². The Kier molecular flexibility index (Phi) is 6.87. The summed E-state index contributed by atoms with van der Waals surface area (Å²) in [7, 11) is 0. The van der Waals surface area contributed by atoms with Gasteiger partial charge >= 0.3 is 6.09 Å². The number of aromatic nitrogens is 1. The number of benzene rings is 1. The van der Waals surface area contributed by atoms with E-state index in [1.54, 1.807) is 24.4 Å². The molecular weight excluding hydrogens is 378 g/mol. The van der Waals surface area contributed by atoms with Crippen molar-refractivity contribution in [2.75, 3.05) is 13.1 Å². The van der Waals surface area contributed by atoms with Gasteiger partial charge in [0, 0.05) is 35.4 Å². The Morgan fingerprint density at radius 3 is 2.36 bits per heavy atom. The molecular formula is C21H24ClN3O3. The molecule has 1 aliphatic carbocycles. The quantitative estimate of drug-likeness (QED) is 0.676. The zero-order valence-corrected chi connectivity index (χ0v) is 16.3. The average Bonchev–Trinajstić information content (AvgIpc) is 2.71. The highest BCUT2D eigenvalue weighted by Crippen LogP contribution is 2.28. The molecule has 28 heavy (non-hydrogen) atoms. The maximum Gasteiger partial charge on any atom is 0.404 e. The number of hydrogen-bond donors (Lipinski definition) is 3. The summed E-state index contributed by atoms with van der Waals surface area (Å²) in [5.41, 5.74) is 2.15. The van der Waals surface area contributed by atoms with Crippen molar-refractivity contribution in [3.05, 3.63) is 53.2 Å². The van der Waals surface area contributed by atoms with Crippen molar-refractivity contribution in [3.63, 3.8) is 0 Å². The number of halogens is 1. The Bertz CT molecular complexity index is 835. The molecule has 148 valence electrons. The maximum absolute atomic E-state index is 12.5. The smallest absolute Gasteiger partial charge is 0.404 e. The van der Waals surface area contributed by atoms with Gasteiger partial charge in [0.2, 0.25) is 0 Å². The lowest BCUT2D eigenvalue weighted by atomic mass is 9.82. The first-order chi connectivity index (χ1) is 13.5. The number of amides is 2. The monoisotopic (exact) mass is 401 g/mol. The van der Waals surface area contributed by atoms with Gasteiger partial charge in [0.25, 0.3) is 5.91 Å². The molecule has 7 heteroatoms. The molecule has 1 aromatic heterocycles. The highest BCUT2D eigenvalue weighted by Gasteiger charge is 2.22. The second kappa shape index (κ2) is 9.55. The van der Waals surface area contributed by atoms with Crippen molar-refractivity contribution < 1.29 is 14.7 Å². The predicted octanol–water partition coefficient (Wildman–Crippen LogP) is 4.21. The van der Waals surface area contributed by atoms with Crippen molar-refractivity contribution in [3.8, 4) is 11.3 Å². The molecule has 1 saturated carbocycles. The van der Waals surface area contributed by atoms with E-state index in [1.807, 2.05) is 18.2 Å². The van der Waals surface area contributed by atoms with Crippen LogP contribution in [0.1, 0.15) is 36.0 Å². The Morgan fingerprint density at radius 1 is 1.04 bits per heavy atom. The maximum atomic E-state index is 12.5. The zero-order valence-electron chi connectivity index (χ0n) is 15.5. The summed E-state index contributed by atoms with van der Waals surface area (Å²) < 4.78 is 0. The molecule has 3 rings (SSSR count). The fourth-order valence-corrected chi connectivity index (χ4v) is 3.78. The van der Waals surface area contributed by atoms with Crippen LogP contribution in [0.4, 0.5) is 4.79 Å². The predicted molar refractivity (Wildman–Crippen MR) is 108 cm³/mol. The minimum atomic E-state index is -0.969. The van der Waals surface area contributed by atoms with Crippen LogP contribution in [0.5, 0.6) is 0 Å². The molecule has 1 aromatic carbocycles. The first-order valence-electron chi connectivity index (χ1n) is 9.48. The lowest BCUT2D eigenvalue weighted by Gasteiger charge is -2.28. The Balaban J connectivity index is 1.51. The Morgan fingerprint density at radius 2 is 1.71 bits per heavy atom. The number of pyridine rings is 1. The molecule has 1 fully saturated rings. The van der Waals surface area contributed by atoms with E-state index >= 15 is 0 Å². The number of nitrogens with one attached hydrogen (secondary N) is 2. The van der Waals surface area contributed by atoms with Gasteiger partial charge in [0.05, 0.1) is 5.69 Å². The fraction of sp³-hybridized carbons (Fsp3) is 0.381. The van der Waals surface area contributed by atoms with Gasteiger partial charge in [0.1, 0.15) is 0 Å². The lowest BCUT2D eigenvalue weighted by Crippen LogP contribution is -2.34. The van der Waals surface area contributed by atoms with Gasteiger partial charge in [-0.25, -0.2) is 4.79 Å². The minimum absolute atomic E-state index is 0.111. The number of nitrogens with zero attached hydrogens (tertiary/aromatic N) is 1. The van der Waals surface area contributed by atoms with E-state index in [2.05, 4.69) is 15.6 Å². The van der Waals surface area contributed by atoms with Crippen molar-refractivity contribution in [1.82, 2.24) is 15.6 Å². The Labute approximate surface area is 169 Å². The number of carbonyl (C=O) groups excluding carboxylic acids is 1. The van der Waals surface area contributed by atoms with Gasteiger partial charge in [-0.3, -0.25) is 9.78 Å². The summed E-state index contributed by atoms with van der Waals surface area (Å²) in [6.07, 6.45) is 4.62. The summed E-state index contributed by atoms with van der Waals surface area (Å²) in [6, 6.07) is 10.9. The van der Waals surface area contributed by atoms with Gasteiger partial charge in [-0.05, 0) is 61.8 Å². The van der Waals surface area contributed by atoms with Crippen LogP contribution in [-0.2, 0) is 0 Å². The topological polar surface area (TPSA) is 91.3 Å². The van der Waals surface area contributed by atoms with Crippen LogP contribution in [0.2, 0.25) is 5.02 Å². The molecule has 0 spiro atoms. The van der Waals surface area contributed by atoms with Crippen LogP contribution in [0.3, 0.4) is 0 Å². The summed E-state index contributed by atoms with van der Waals surface area (Å²) in [6.45, 7) is 1.14. The second-order valence-electron chi connectivity index (χ2n) is 7.22. The molecule has 0 unspecified atom stereocenters. The molecule has 0 bridgehead atoms. The van der Waals surface area contributed by atoms with Crippen LogP contribution in [-0.4, -0.2) is 35.2 Å². The standard InChI is InChI=1S/C21H24ClN3O3/c22-18-3-1-2-16(10-18)19-11-17(8-9-23-19)20(26)24-12-14-4-6-15(7-5-14)13-25-21(27)28/h1-3,8-11,14-15,25H,4-7,12-13H2,(H,24,26)(H,27,28)/t14-,15-. The third-order valence-electron chi connectivity index (χ3n) is 5.20. The van der Waals surface area contributed by atoms with E-state index in [1.165, 1.54) is 0 Å². The molecule has 0 radical (unpaired) electrons. The number of carboxylic acid groups (broad SMARTS) is 1. The van der Waals surface area contributed by atoms with Crippen LogP contribution < -0.4 is 10.6 Å². The second-order valence-corrected chi connectivity index (χ2v) is 7.66. The summed E-state index contributed by atoms with van der Waals surface area (Å²) in [4.78, 5) is 27.5. The molecule has 3 N–H and O–H groups in total. The van der Waals surface area contributed by atoms with Gasteiger partial charge in [-0.2, -0.15) is 0 Å². The van der Waals surface area contributed by atoms with Crippen LogP contribution in [0.15, 0.2) is 42.6 Å². The molecule has 2 aromatic rings. The van der Waals surface area contributed by atoms with Crippen molar-refractivity contribution >= 4 is 23.6 Å². The van der Waals surface area contributed by atoms with E-state index in [4.69, 9.17) is 16.7 Å². The highest BCUT2D eigenvalue weighted by molar-refractivity contribution is 6.30. The third kappa shape index (κ3) is 5.70. The molecule has 0 saturated heterocycles. The summed E-state index contributed by atoms with van der Waals surface area (Å²) >= 11 is 6.04. The van der Waals surface area contributed by atoms with Crippen molar-refractivity contribution in [1.29, 1.82) is 0 Å². The van der Waals surface area contributed by atoms with Crippen LogP contribution >= 0.6 is 11.6 Å². The molecule has 6 nitrogen and oxygen atoms in total. The number of carbonyl (C=O) groups is 2. The van der Waals surface area contributed by atoms with Crippen LogP contribution in [0, 0.1) is 11.8 Å². The third-order valence-corrected chi connectivity index (χ3v) is 5.44. The minimum Gasteiger partial charge on any atom is -0.465 e. The number of rotatable bonds is 6. The molecule has 2 amide bonds. The van der Waals surface area contributed by atoms with E-state index in [-0.39, 0.29) is 5.91 Å². The molecule has 0 aliphatic heterocycles. The van der Waals surface area contributed by atoms with E-state index in [0.29, 0.717) is 41.2 Å². The summed E-state index contributed by atoms with van der Waals surface area (Å²) in [5, 5.41) is 14.8. The van der Waals surface area contributed by atoms with Crippen LogP contribution in [0.25, 0.3) is 11.3 Å². The highest BCUT2D eigenvalue weighted by atomic mass is 35.5. The van der Waals surface area contributed by atoms with E-state index < -0.39 is 6.09 Å². The first-order valence-corrected chi connectivity index (χ1v) is 9.86. The average molecular weight is 402 g/mol. The van der Waals surface area contributed by atoms with Gasteiger partial charge in [-0.1, -0.05) is 23.7 Å². The lowest BCUT2D eigenvalue weighted by molar-refractivity contribution is 0.0940. The van der Waals surface area contributed by atoms with Crippen molar-refractivity contribution in [2.45, 2.75) is 25.7 Å². The molecule has 1 heterocycles. The van der Waals surface area contributed by atoms with Crippen molar-refractivity contribution in [2.24, 2.45) is 11.8 Å². The molecule has 1 aliphatic rings. The first kappa shape index (κ1) is 20.1. The summed E-state index contributed by atoms with van der Waals surface area (Å²) in [5.74, 6) is 0.711. The molecule has 0 atom stereocenters. The normalized spacial score (nSPS) is 19.0. The largest absolute Gasteiger partial charge is 0.465 e. The van der Waals surface area contributed by atoms with E-state index in [0.717, 1.165) is 31.2 Å².